The van der Waals surface area contributed by atoms with Crippen molar-refractivity contribution in [3.05, 3.63) is 11.3 Å². The van der Waals surface area contributed by atoms with E-state index in [0.29, 0.717) is 23.5 Å². The fraction of sp³-hybridized carbons (Fsp3) is 0.750. The molecule has 1 aliphatic carbocycles. The van der Waals surface area contributed by atoms with E-state index in [0.717, 1.165) is 25.1 Å². The largest absolute Gasteiger partial charge is 0.383 e. The van der Waals surface area contributed by atoms with Gasteiger partial charge in [0.05, 0.1) is 11.6 Å². The number of piperidine rings is 1. The van der Waals surface area contributed by atoms with Crippen LogP contribution in [0.5, 0.6) is 0 Å². The normalized spacial score (nSPS) is 30.9. The summed E-state index contributed by atoms with van der Waals surface area (Å²) in [6, 6.07) is 0.365. The number of rotatable bonds is 2. The van der Waals surface area contributed by atoms with Gasteiger partial charge in [-0.1, -0.05) is 12.8 Å². The van der Waals surface area contributed by atoms with Crippen LogP contribution in [0.2, 0.25) is 0 Å². The van der Waals surface area contributed by atoms with Gasteiger partial charge in [0, 0.05) is 30.4 Å². The Labute approximate surface area is 121 Å². The Bertz CT molecular complexity index is 457. The third kappa shape index (κ3) is 2.36. The molecule has 110 valence electrons. The number of hydrogen-bond donors (Lipinski definition) is 2. The zero-order valence-electron chi connectivity index (χ0n) is 12.5. The minimum atomic E-state index is 0.365. The summed E-state index contributed by atoms with van der Waals surface area (Å²) in [7, 11) is 0. The molecule has 1 saturated carbocycles. The molecule has 0 aromatic heterocycles. The van der Waals surface area contributed by atoms with Gasteiger partial charge in [0.25, 0.3) is 0 Å². The van der Waals surface area contributed by atoms with Gasteiger partial charge in [-0.2, -0.15) is 0 Å². The molecular weight excluding hydrogens is 248 g/mol. The van der Waals surface area contributed by atoms with Crippen LogP contribution in [0, 0.1) is 11.3 Å². The molecule has 2 fully saturated rings. The van der Waals surface area contributed by atoms with Gasteiger partial charge in [-0.05, 0) is 39.0 Å². The highest BCUT2D eigenvalue weighted by molar-refractivity contribution is 6.22. The Balaban J connectivity index is 2.01. The van der Waals surface area contributed by atoms with Crippen LogP contribution in [-0.2, 0) is 0 Å². The van der Waals surface area contributed by atoms with Crippen LogP contribution in [0.1, 0.15) is 51.9 Å². The minimum Gasteiger partial charge on any atom is -0.383 e. The summed E-state index contributed by atoms with van der Waals surface area (Å²) in [4.78, 5) is 7.24. The van der Waals surface area contributed by atoms with Gasteiger partial charge in [-0.15, -0.1) is 0 Å². The maximum atomic E-state index is 8.13. The van der Waals surface area contributed by atoms with Gasteiger partial charge in [-0.3, -0.25) is 4.99 Å². The molecule has 1 saturated heterocycles. The van der Waals surface area contributed by atoms with Crippen molar-refractivity contribution < 1.29 is 0 Å². The van der Waals surface area contributed by atoms with E-state index in [1.54, 1.807) is 0 Å². The van der Waals surface area contributed by atoms with Gasteiger partial charge < -0.3 is 16.0 Å². The fourth-order valence-electron chi connectivity index (χ4n) is 4.06. The second-order valence-electron chi connectivity index (χ2n) is 6.41. The molecule has 2 heterocycles. The van der Waals surface area contributed by atoms with E-state index >= 15 is 0 Å². The average Bonchev–Trinajstić information content (AvgIpc) is 2.46. The lowest BCUT2D eigenvalue weighted by Gasteiger charge is -2.43. The van der Waals surface area contributed by atoms with E-state index in [1.807, 2.05) is 6.92 Å². The molecule has 0 radical (unpaired) electrons. The molecule has 0 bridgehead atoms. The second-order valence-corrected chi connectivity index (χ2v) is 6.41. The molecule has 20 heavy (non-hydrogen) atoms. The van der Waals surface area contributed by atoms with Crippen LogP contribution in [-0.4, -0.2) is 35.6 Å². The zero-order valence-corrected chi connectivity index (χ0v) is 12.5. The van der Waals surface area contributed by atoms with E-state index < -0.39 is 0 Å². The molecule has 3 aliphatic rings. The SMILES string of the molecule is CC(=N)C1=C(N2CCCCC2)C2CCCCC2N=C1N. The number of fused-ring (bicyclic) bond motifs is 1. The number of likely N-dealkylation sites (tertiary alicyclic amines) is 1. The van der Waals surface area contributed by atoms with Gasteiger partial charge in [-0.25, -0.2) is 0 Å². The molecule has 2 aliphatic heterocycles. The maximum absolute atomic E-state index is 8.13. The molecule has 2 atom stereocenters. The van der Waals surface area contributed by atoms with Crippen LogP contribution in [0.4, 0.5) is 0 Å². The van der Waals surface area contributed by atoms with Gasteiger partial charge >= 0.3 is 0 Å². The number of amidine groups is 1. The first-order chi connectivity index (χ1) is 9.68. The van der Waals surface area contributed by atoms with Crippen molar-refractivity contribution in [3.8, 4) is 0 Å². The van der Waals surface area contributed by atoms with E-state index in [2.05, 4.69) is 4.90 Å². The van der Waals surface area contributed by atoms with E-state index in [9.17, 15) is 0 Å². The van der Waals surface area contributed by atoms with Crippen LogP contribution in [0.15, 0.2) is 16.3 Å². The van der Waals surface area contributed by atoms with Crippen molar-refractivity contribution in [1.82, 2.24) is 4.90 Å². The quantitative estimate of drug-likeness (QED) is 0.760. The highest BCUT2D eigenvalue weighted by atomic mass is 15.2. The molecular formula is C16H26N4. The lowest BCUT2D eigenvalue weighted by Crippen LogP contribution is -2.44. The van der Waals surface area contributed by atoms with Crippen molar-refractivity contribution in [2.45, 2.75) is 57.9 Å². The summed E-state index contributed by atoms with van der Waals surface area (Å²) in [6.45, 7) is 4.11. The summed E-state index contributed by atoms with van der Waals surface area (Å²) < 4.78 is 0. The summed E-state index contributed by atoms with van der Waals surface area (Å²) in [5, 5.41) is 8.13. The third-order valence-electron chi connectivity index (χ3n) is 4.97. The average molecular weight is 274 g/mol. The van der Waals surface area contributed by atoms with Gasteiger partial charge in [0.2, 0.25) is 0 Å². The predicted octanol–water partition coefficient (Wildman–Crippen LogP) is 2.70. The smallest absolute Gasteiger partial charge is 0.129 e. The Kier molecular flexibility index (Phi) is 3.81. The molecule has 0 aromatic rings. The predicted molar refractivity (Wildman–Crippen MR) is 83.2 cm³/mol. The standard InChI is InChI=1S/C16H26N4/c1-11(17)14-15(20-9-5-2-6-10-20)12-7-3-4-8-13(12)19-16(14)18/h12-13,17H,2-10H2,1H3,(H2,18,19). The lowest BCUT2D eigenvalue weighted by atomic mass is 9.78. The van der Waals surface area contributed by atoms with E-state index in [1.165, 1.54) is 44.2 Å². The number of aliphatic imine (C=N–C) groups is 1. The van der Waals surface area contributed by atoms with Crippen LogP contribution in [0.3, 0.4) is 0 Å². The Morgan fingerprint density at radius 1 is 1.15 bits per heavy atom. The first-order valence-corrected chi connectivity index (χ1v) is 8.07. The molecule has 0 aromatic carbocycles. The lowest BCUT2D eigenvalue weighted by molar-refractivity contribution is 0.217. The number of nitrogens with one attached hydrogen (secondary N) is 1. The van der Waals surface area contributed by atoms with E-state index in [-0.39, 0.29) is 0 Å². The van der Waals surface area contributed by atoms with E-state index in [4.69, 9.17) is 16.1 Å². The molecule has 0 amide bonds. The Hall–Kier alpha value is -1.32. The van der Waals surface area contributed by atoms with Crippen molar-refractivity contribution in [2.75, 3.05) is 13.1 Å². The molecule has 3 N–H and O–H groups in total. The Morgan fingerprint density at radius 2 is 1.85 bits per heavy atom. The molecule has 4 nitrogen and oxygen atoms in total. The summed E-state index contributed by atoms with van der Waals surface area (Å²) in [6.07, 6.45) is 8.80. The second kappa shape index (κ2) is 5.58. The van der Waals surface area contributed by atoms with Crippen LogP contribution in [0.25, 0.3) is 0 Å². The number of hydrogen-bond acceptors (Lipinski definition) is 4. The minimum absolute atomic E-state index is 0.365. The molecule has 0 spiro atoms. The van der Waals surface area contributed by atoms with Crippen molar-refractivity contribution >= 4 is 11.5 Å². The number of nitrogens with zero attached hydrogens (tertiary/aromatic N) is 2. The van der Waals surface area contributed by atoms with Gasteiger partial charge in [0.15, 0.2) is 0 Å². The molecule has 3 rings (SSSR count). The molecule has 2 unspecified atom stereocenters. The third-order valence-corrected chi connectivity index (χ3v) is 4.97. The van der Waals surface area contributed by atoms with Gasteiger partial charge in [0.1, 0.15) is 5.84 Å². The Morgan fingerprint density at radius 3 is 2.55 bits per heavy atom. The highest BCUT2D eigenvalue weighted by Crippen LogP contribution is 2.39. The monoisotopic (exact) mass is 274 g/mol. The highest BCUT2D eigenvalue weighted by Gasteiger charge is 2.37. The van der Waals surface area contributed by atoms with Crippen LogP contribution < -0.4 is 5.73 Å². The van der Waals surface area contributed by atoms with Crippen molar-refractivity contribution in [2.24, 2.45) is 16.6 Å². The topological polar surface area (TPSA) is 65.5 Å². The van der Waals surface area contributed by atoms with Crippen molar-refractivity contribution in [3.63, 3.8) is 0 Å². The number of nitrogens with two attached hydrogens (primary N) is 1. The van der Waals surface area contributed by atoms with Crippen molar-refractivity contribution in [1.29, 1.82) is 5.41 Å². The fourth-order valence-corrected chi connectivity index (χ4v) is 4.06. The summed E-state index contributed by atoms with van der Waals surface area (Å²) in [5.41, 5.74) is 9.08. The summed E-state index contributed by atoms with van der Waals surface area (Å²) >= 11 is 0. The summed E-state index contributed by atoms with van der Waals surface area (Å²) in [5.74, 6) is 1.12. The molecule has 4 heteroatoms. The zero-order chi connectivity index (χ0) is 14.1. The van der Waals surface area contributed by atoms with Crippen LogP contribution >= 0.6 is 0 Å². The first-order valence-electron chi connectivity index (χ1n) is 8.07. The maximum Gasteiger partial charge on any atom is 0.129 e. The first kappa shape index (κ1) is 13.7. The number of dihydropyridines is 1.